The number of carbonyl (C=O) groups is 1. The Morgan fingerprint density at radius 3 is 2.75 bits per heavy atom. The molecule has 0 aliphatic heterocycles. The van der Waals surface area contributed by atoms with Gasteiger partial charge in [0.1, 0.15) is 0 Å². The Bertz CT molecular complexity index is 166. The average molecular weight is 173 g/mol. The van der Waals surface area contributed by atoms with Gasteiger partial charge in [0.15, 0.2) is 0 Å². The van der Waals surface area contributed by atoms with Crippen LogP contribution in [0.5, 0.6) is 0 Å². The second-order valence-electron chi connectivity index (χ2n) is 3.41. The number of carboxylic acid groups (broad SMARTS) is 1. The van der Waals surface area contributed by atoms with Crippen molar-refractivity contribution < 1.29 is 14.6 Å². The van der Waals surface area contributed by atoms with Crippen molar-refractivity contribution in [3.63, 3.8) is 0 Å². The minimum atomic E-state index is -0.941. The van der Waals surface area contributed by atoms with E-state index in [2.05, 4.69) is 5.32 Å². The highest BCUT2D eigenvalue weighted by molar-refractivity contribution is 5.64. The molecule has 70 valence electrons. The predicted molar refractivity (Wildman–Crippen MR) is 44.2 cm³/mol. The maximum atomic E-state index is 10.1. The van der Waals surface area contributed by atoms with Gasteiger partial charge in [0.05, 0.1) is 6.61 Å². The molecule has 0 heterocycles. The molecule has 1 saturated carbocycles. The molecule has 0 atom stereocenters. The third kappa shape index (κ3) is 2.70. The molecule has 1 amide bonds. The summed E-state index contributed by atoms with van der Waals surface area (Å²) in [7, 11) is 1.69. The highest BCUT2D eigenvalue weighted by Gasteiger charge is 2.41. The van der Waals surface area contributed by atoms with Crippen molar-refractivity contribution in [2.75, 3.05) is 20.3 Å². The Hall–Kier alpha value is -0.770. The van der Waals surface area contributed by atoms with Crippen LogP contribution in [0.15, 0.2) is 0 Å². The lowest BCUT2D eigenvalue weighted by molar-refractivity contribution is 0.135. The third-order valence-electron chi connectivity index (χ3n) is 2.34. The van der Waals surface area contributed by atoms with Gasteiger partial charge in [0, 0.05) is 13.7 Å². The molecule has 0 unspecified atom stereocenters. The van der Waals surface area contributed by atoms with Gasteiger partial charge in [-0.05, 0) is 24.7 Å². The molecule has 0 spiro atoms. The van der Waals surface area contributed by atoms with Crippen molar-refractivity contribution in [3.8, 4) is 0 Å². The fourth-order valence-electron chi connectivity index (χ4n) is 1.38. The molecule has 0 bridgehead atoms. The molecule has 12 heavy (non-hydrogen) atoms. The van der Waals surface area contributed by atoms with Gasteiger partial charge in [0.25, 0.3) is 0 Å². The molecule has 1 aliphatic carbocycles. The van der Waals surface area contributed by atoms with Crippen LogP contribution in [0.25, 0.3) is 0 Å². The zero-order valence-corrected chi connectivity index (χ0v) is 7.30. The summed E-state index contributed by atoms with van der Waals surface area (Å²) < 4.78 is 5.05. The second kappa shape index (κ2) is 3.76. The first-order chi connectivity index (χ1) is 5.68. The van der Waals surface area contributed by atoms with Crippen LogP contribution in [0.1, 0.15) is 19.3 Å². The molecule has 4 nitrogen and oxygen atoms in total. The number of hydrogen-bond donors (Lipinski definition) is 2. The molecular weight excluding hydrogens is 158 g/mol. The van der Waals surface area contributed by atoms with E-state index >= 15 is 0 Å². The molecule has 0 radical (unpaired) electrons. The van der Waals surface area contributed by atoms with Crippen molar-refractivity contribution >= 4 is 6.09 Å². The fourth-order valence-corrected chi connectivity index (χ4v) is 1.38. The zero-order chi connectivity index (χ0) is 9.03. The summed E-state index contributed by atoms with van der Waals surface area (Å²) >= 11 is 0. The minimum absolute atomic E-state index is 0.289. The summed E-state index contributed by atoms with van der Waals surface area (Å²) in [4.78, 5) is 10.1. The van der Waals surface area contributed by atoms with Gasteiger partial charge in [-0.1, -0.05) is 0 Å². The Balaban J connectivity index is 2.09. The molecule has 0 aromatic carbocycles. The van der Waals surface area contributed by atoms with Crippen molar-refractivity contribution in [1.29, 1.82) is 0 Å². The monoisotopic (exact) mass is 173 g/mol. The van der Waals surface area contributed by atoms with Crippen molar-refractivity contribution in [3.05, 3.63) is 0 Å². The topological polar surface area (TPSA) is 58.6 Å². The summed E-state index contributed by atoms with van der Waals surface area (Å²) in [6.07, 6.45) is 2.29. The highest BCUT2D eigenvalue weighted by Crippen LogP contribution is 2.48. The molecule has 1 rings (SSSR count). The summed E-state index contributed by atoms with van der Waals surface area (Å²) in [5.41, 5.74) is 0.289. The fraction of sp³-hybridized carbons (Fsp3) is 0.875. The summed E-state index contributed by atoms with van der Waals surface area (Å²) in [6.45, 7) is 1.30. The van der Waals surface area contributed by atoms with E-state index in [9.17, 15) is 4.79 Å². The standard InChI is InChI=1S/C8H15NO3/c1-12-6-8(2-3-8)4-5-9-7(10)11/h9H,2-6H2,1H3,(H,10,11). The number of methoxy groups -OCH3 is 1. The van der Waals surface area contributed by atoms with Crippen LogP contribution in [0, 0.1) is 5.41 Å². The summed E-state index contributed by atoms with van der Waals surface area (Å²) in [6, 6.07) is 0. The molecular formula is C8H15NO3. The lowest BCUT2D eigenvalue weighted by Gasteiger charge is -2.12. The third-order valence-corrected chi connectivity index (χ3v) is 2.34. The SMILES string of the molecule is COCC1(CCNC(=O)O)CC1. The van der Waals surface area contributed by atoms with E-state index < -0.39 is 6.09 Å². The number of nitrogens with one attached hydrogen (secondary N) is 1. The molecule has 1 aliphatic rings. The normalized spacial score (nSPS) is 18.8. The Morgan fingerprint density at radius 1 is 1.67 bits per heavy atom. The number of hydrogen-bond acceptors (Lipinski definition) is 2. The highest BCUT2D eigenvalue weighted by atomic mass is 16.5. The van der Waals surface area contributed by atoms with Crippen LogP contribution >= 0.6 is 0 Å². The first-order valence-electron chi connectivity index (χ1n) is 4.14. The number of amides is 1. The van der Waals surface area contributed by atoms with Crippen molar-refractivity contribution in [2.45, 2.75) is 19.3 Å². The van der Waals surface area contributed by atoms with Crippen LogP contribution in [-0.4, -0.2) is 31.5 Å². The van der Waals surface area contributed by atoms with Gasteiger partial charge >= 0.3 is 6.09 Å². The molecule has 4 heteroatoms. The van der Waals surface area contributed by atoms with E-state index in [4.69, 9.17) is 9.84 Å². The lowest BCUT2D eigenvalue weighted by atomic mass is 10.0. The molecule has 2 N–H and O–H groups in total. The number of ether oxygens (including phenoxy) is 1. The first kappa shape index (κ1) is 9.32. The second-order valence-corrected chi connectivity index (χ2v) is 3.41. The van der Waals surface area contributed by atoms with Gasteiger partial charge in [-0.3, -0.25) is 0 Å². The predicted octanol–water partition coefficient (Wildman–Crippen LogP) is 1.07. The van der Waals surface area contributed by atoms with Crippen molar-refractivity contribution in [2.24, 2.45) is 5.41 Å². The van der Waals surface area contributed by atoms with Crippen LogP contribution < -0.4 is 5.32 Å². The van der Waals surface area contributed by atoms with Gasteiger partial charge in [-0.15, -0.1) is 0 Å². The minimum Gasteiger partial charge on any atom is -0.465 e. The van der Waals surface area contributed by atoms with Crippen LogP contribution in [-0.2, 0) is 4.74 Å². The lowest BCUT2D eigenvalue weighted by Crippen LogP contribution is -2.25. The summed E-state index contributed by atoms with van der Waals surface area (Å²) in [5, 5.41) is 10.7. The van der Waals surface area contributed by atoms with E-state index in [-0.39, 0.29) is 5.41 Å². The average Bonchev–Trinajstić information content (AvgIpc) is 2.69. The smallest absolute Gasteiger partial charge is 0.404 e. The van der Waals surface area contributed by atoms with E-state index in [1.54, 1.807) is 7.11 Å². The van der Waals surface area contributed by atoms with Crippen LogP contribution in [0.4, 0.5) is 4.79 Å². The van der Waals surface area contributed by atoms with Crippen LogP contribution in [0.2, 0.25) is 0 Å². The van der Waals surface area contributed by atoms with E-state index in [1.165, 1.54) is 12.8 Å². The maximum Gasteiger partial charge on any atom is 0.404 e. The van der Waals surface area contributed by atoms with E-state index in [0.29, 0.717) is 6.54 Å². The Kier molecular flexibility index (Phi) is 2.92. The van der Waals surface area contributed by atoms with E-state index in [1.807, 2.05) is 0 Å². The zero-order valence-electron chi connectivity index (χ0n) is 7.30. The molecule has 1 fully saturated rings. The Labute approximate surface area is 71.9 Å². The van der Waals surface area contributed by atoms with Gasteiger partial charge in [-0.25, -0.2) is 4.79 Å². The molecule has 0 aromatic heterocycles. The number of rotatable bonds is 5. The van der Waals surface area contributed by atoms with Crippen LogP contribution in [0.3, 0.4) is 0 Å². The molecule has 0 aromatic rings. The van der Waals surface area contributed by atoms with Gasteiger partial charge in [0.2, 0.25) is 0 Å². The largest absolute Gasteiger partial charge is 0.465 e. The van der Waals surface area contributed by atoms with Crippen molar-refractivity contribution in [1.82, 2.24) is 5.32 Å². The van der Waals surface area contributed by atoms with Gasteiger partial charge in [-0.2, -0.15) is 0 Å². The van der Waals surface area contributed by atoms with E-state index in [0.717, 1.165) is 13.0 Å². The molecule has 0 saturated heterocycles. The Morgan fingerprint density at radius 2 is 2.33 bits per heavy atom. The summed E-state index contributed by atoms with van der Waals surface area (Å²) in [5.74, 6) is 0. The first-order valence-corrected chi connectivity index (χ1v) is 4.14. The van der Waals surface area contributed by atoms with Gasteiger partial charge < -0.3 is 15.2 Å². The maximum absolute atomic E-state index is 10.1. The quantitative estimate of drug-likeness (QED) is 0.653.